The molecule has 63 heavy (non-hydrogen) atoms. The minimum atomic E-state index is -0.151. The minimum absolute atomic E-state index is 0.151. The van der Waals surface area contributed by atoms with Gasteiger partial charge in [-0.05, 0) is 6.42 Å². The molecule has 0 aliphatic rings. The first kappa shape index (κ1) is 86.7. The van der Waals surface area contributed by atoms with E-state index in [0.29, 0.717) is 0 Å². The molecule has 0 fully saturated rings. The van der Waals surface area contributed by atoms with Gasteiger partial charge in [-0.15, -0.1) is 23.2 Å². The fourth-order valence-corrected chi connectivity index (χ4v) is 5.53. The van der Waals surface area contributed by atoms with E-state index in [2.05, 4.69) is 132 Å². The molecule has 0 saturated heterocycles. The molecule has 0 aliphatic heterocycles. The zero-order valence-corrected chi connectivity index (χ0v) is 50.8. The van der Waals surface area contributed by atoms with E-state index in [0.717, 1.165) is 6.42 Å². The largest absolute Gasteiger partial charge is 0.107 e. The lowest BCUT2D eigenvalue weighted by molar-refractivity contribution is 0.650. The summed E-state index contributed by atoms with van der Waals surface area (Å²) >= 11 is 11.0. The second kappa shape index (κ2) is 119. The first-order valence-electron chi connectivity index (χ1n) is 29.8. The van der Waals surface area contributed by atoms with Crippen LogP contribution < -0.4 is 0 Å². The first-order valence-corrected chi connectivity index (χ1v) is 30.7. The Labute approximate surface area is 420 Å². The van der Waals surface area contributed by atoms with Gasteiger partial charge in [0.15, 0.2) is 0 Å². The van der Waals surface area contributed by atoms with Gasteiger partial charge >= 0.3 is 0 Å². The highest BCUT2D eigenvalue weighted by Gasteiger charge is 1.96. The van der Waals surface area contributed by atoms with E-state index in [4.69, 9.17) is 23.2 Å². The van der Waals surface area contributed by atoms with Crippen LogP contribution in [0.3, 0.4) is 0 Å². The van der Waals surface area contributed by atoms with Crippen molar-refractivity contribution in [3.8, 4) is 0 Å². The first-order chi connectivity index (χ1) is 30.5. The van der Waals surface area contributed by atoms with Crippen molar-refractivity contribution in [2.45, 2.75) is 400 Å². The molecule has 0 aromatic heterocycles. The number of halogens is 2. The smallest absolute Gasteiger partial charge is 0.105 e. The van der Waals surface area contributed by atoms with Crippen LogP contribution in [0.4, 0.5) is 0 Å². The Hall–Kier alpha value is 0.580. The topological polar surface area (TPSA) is 0 Å². The third kappa shape index (κ3) is 204. The Balaban J connectivity index is -0.0000000621. The highest BCUT2D eigenvalue weighted by atomic mass is 35.5. The highest BCUT2D eigenvalue weighted by molar-refractivity contribution is 6.44. The van der Waals surface area contributed by atoms with Gasteiger partial charge in [0.2, 0.25) is 0 Å². The molecule has 0 bridgehead atoms. The number of alkyl halides is 2. The molecule has 0 atom stereocenters. The summed E-state index contributed by atoms with van der Waals surface area (Å²) in [6, 6.07) is 0. The third-order valence-corrected chi connectivity index (χ3v) is 10.3. The van der Waals surface area contributed by atoms with E-state index < -0.39 is 0 Å². The second-order valence-electron chi connectivity index (χ2n) is 17.6. The van der Waals surface area contributed by atoms with E-state index in [9.17, 15) is 0 Å². The Morgan fingerprint density at radius 3 is 0.333 bits per heavy atom. The molecule has 0 N–H and O–H groups in total. The minimum Gasteiger partial charge on any atom is -0.105 e. The maximum atomic E-state index is 5.52. The van der Waals surface area contributed by atoms with Crippen LogP contribution in [0.25, 0.3) is 0 Å². The van der Waals surface area contributed by atoms with Crippen LogP contribution in [0.1, 0.15) is 395 Å². The fourth-order valence-electron chi connectivity index (χ4n) is 5.23. The molecule has 0 saturated carbocycles. The molecule has 0 aromatic carbocycles. The van der Waals surface area contributed by atoms with E-state index in [1.165, 1.54) is 257 Å². The molecule has 0 aliphatic carbocycles. The predicted molar refractivity (Wildman–Crippen MR) is 313 cm³/mol. The number of unbranched alkanes of at least 4 members (excludes halogenated alkanes) is 30. The van der Waals surface area contributed by atoms with Crippen molar-refractivity contribution < 1.29 is 0 Å². The molecule has 0 nitrogen and oxygen atoms in total. The second-order valence-corrected chi connectivity index (χ2v) is 18.9. The summed E-state index contributed by atoms with van der Waals surface area (Å²) in [5, 5.41) is 0. The zero-order valence-electron chi connectivity index (χ0n) is 49.3. The number of hydrogen-bond donors (Lipinski definition) is 0. The van der Waals surface area contributed by atoms with E-state index in [-0.39, 0.29) is 4.84 Å². The van der Waals surface area contributed by atoms with Gasteiger partial charge in [0.05, 0.1) is 0 Å². The Kier molecular flexibility index (Phi) is 164. The molecule has 0 amide bonds. The summed E-state index contributed by atoms with van der Waals surface area (Å²) in [6.45, 7) is 42.4. The SMILES string of the molecule is CCCCCC.CCCCCC.CCCCCC.CCCCCC.CCCCCC.CCCCCC.CCCCCC.CCCCCC.CCCCCC.CCCCCCC(Cl)Cl. The van der Waals surface area contributed by atoms with Crippen molar-refractivity contribution >= 4 is 23.2 Å². The van der Waals surface area contributed by atoms with Crippen molar-refractivity contribution in [2.24, 2.45) is 0 Å². The van der Waals surface area contributed by atoms with Crippen molar-refractivity contribution in [1.82, 2.24) is 0 Å². The Morgan fingerprint density at radius 2 is 0.254 bits per heavy atom. The van der Waals surface area contributed by atoms with Crippen LogP contribution in [0, 0.1) is 0 Å². The molecular weight excluding hydrogens is 804 g/mol. The standard InChI is InChI=1S/C7H14Cl2.9C6H14/c1-2-3-4-5-6-7(8)9;9*1-3-5-6-4-2/h7H,2-6H2,1H3;9*3-6H2,1-2H3. The van der Waals surface area contributed by atoms with Crippen LogP contribution in [-0.2, 0) is 0 Å². The van der Waals surface area contributed by atoms with Gasteiger partial charge in [-0.1, -0.05) is 388 Å². The summed E-state index contributed by atoms with van der Waals surface area (Å²) in [4.78, 5) is -0.151. The molecule has 0 radical (unpaired) electrons. The molecule has 2 heteroatoms. The summed E-state index contributed by atoms with van der Waals surface area (Å²) in [7, 11) is 0. The van der Waals surface area contributed by atoms with Gasteiger partial charge < -0.3 is 0 Å². The van der Waals surface area contributed by atoms with E-state index in [1.54, 1.807) is 0 Å². The molecule has 0 aromatic rings. The Bertz CT molecular complexity index is 341. The lowest BCUT2D eigenvalue weighted by Crippen LogP contribution is -1.85. The van der Waals surface area contributed by atoms with Crippen molar-refractivity contribution in [1.29, 1.82) is 0 Å². The average molecular weight is 945 g/mol. The third-order valence-electron chi connectivity index (χ3n) is 9.89. The van der Waals surface area contributed by atoms with Crippen molar-refractivity contribution in [3.63, 3.8) is 0 Å². The normalized spacial score (nSPS) is 9.24. The van der Waals surface area contributed by atoms with Crippen LogP contribution in [0.2, 0.25) is 0 Å². The zero-order chi connectivity index (χ0) is 50.6. The van der Waals surface area contributed by atoms with E-state index in [1.807, 2.05) is 0 Å². The van der Waals surface area contributed by atoms with Crippen LogP contribution in [0.15, 0.2) is 0 Å². The maximum absolute atomic E-state index is 5.52. The van der Waals surface area contributed by atoms with Gasteiger partial charge in [-0.2, -0.15) is 0 Å². The van der Waals surface area contributed by atoms with Crippen molar-refractivity contribution in [2.75, 3.05) is 0 Å². The monoisotopic (exact) mass is 943 g/mol. The molecule has 0 heterocycles. The van der Waals surface area contributed by atoms with Gasteiger partial charge in [0.25, 0.3) is 0 Å². The summed E-state index contributed by atoms with van der Waals surface area (Å²) < 4.78 is 0. The lowest BCUT2D eigenvalue weighted by atomic mass is 10.2. The number of hydrogen-bond acceptors (Lipinski definition) is 0. The predicted octanol–water partition coefficient (Wildman–Crippen LogP) is 27.0. The summed E-state index contributed by atoms with van der Waals surface area (Å²) in [5.74, 6) is 0. The number of rotatable bonds is 32. The molecule has 398 valence electrons. The van der Waals surface area contributed by atoms with Gasteiger partial charge in [0.1, 0.15) is 4.84 Å². The van der Waals surface area contributed by atoms with Crippen molar-refractivity contribution in [3.05, 3.63) is 0 Å². The lowest BCUT2D eigenvalue weighted by Gasteiger charge is -1.98. The maximum Gasteiger partial charge on any atom is 0.107 e. The highest BCUT2D eigenvalue weighted by Crippen LogP contribution is 2.12. The summed E-state index contributed by atoms with van der Waals surface area (Å²) in [5.41, 5.74) is 0. The quantitative estimate of drug-likeness (QED) is 0.0466. The molecule has 0 spiro atoms. The molecule has 0 unspecified atom stereocenters. The molecular formula is C61H140Cl2. The van der Waals surface area contributed by atoms with Crippen LogP contribution >= 0.6 is 23.2 Å². The van der Waals surface area contributed by atoms with Gasteiger partial charge in [-0.25, -0.2) is 0 Å². The Morgan fingerprint density at radius 1 is 0.159 bits per heavy atom. The summed E-state index contributed by atoms with van der Waals surface area (Å²) in [6.07, 6.45) is 55.8. The average Bonchev–Trinajstić information content (AvgIpc) is 3.31. The molecule has 0 rings (SSSR count). The van der Waals surface area contributed by atoms with E-state index >= 15 is 0 Å². The fraction of sp³-hybridized carbons (Fsp3) is 1.00. The van der Waals surface area contributed by atoms with Crippen LogP contribution in [0.5, 0.6) is 0 Å². The van der Waals surface area contributed by atoms with Gasteiger partial charge in [0, 0.05) is 0 Å². The van der Waals surface area contributed by atoms with Gasteiger partial charge in [-0.3, -0.25) is 0 Å². The van der Waals surface area contributed by atoms with Crippen LogP contribution in [-0.4, -0.2) is 4.84 Å².